The van der Waals surface area contributed by atoms with Crippen molar-refractivity contribution in [1.29, 1.82) is 0 Å². The van der Waals surface area contributed by atoms with Gasteiger partial charge in [-0.05, 0) is 37.6 Å². The molecule has 1 heterocycles. The summed E-state index contributed by atoms with van der Waals surface area (Å²) < 4.78 is 51.7. The molecule has 0 saturated carbocycles. The van der Waals surface area contributed by atoms with Crippen molar-refractivity contribution in [3.8, 4) is 0 Å². The molecule has 0 atom stereocenters. The highest BCUT2D eigenvalue weighted by Crippen LogP contribution is 2.34. The summed E-state index contributed by atoms with van der Waals surface area (Å²) in [6, 6.07) is 3.27. The Labute approximate surface area is 107 Å². The third-order valence-electron chi connectivity index (χ3n) is 2.73. The highest BCUT2D eigenvalue weighted by Gasteiger charge is 2.33. The molecule has 1 N–H and O–H groups in total. The van der Waals surface area contributed by atoms with Gasteiger partial charge in [0.1, 0.15) is 11.5 Å². The van der Waals surface area contributed by atoms with Crippen LogP contribution >= 0.6 is 0 Å². The average Bonchev–Trinajstić information content (AvgIpc) is 2.28. The second-order valence-corrected chi connectivity index (χ2v) is 4.20. The quantitative estimate of drug-likeness (QED) is 0.831. The number of hydrogen-bond acceptors (Lipinski definition) is 2. The molecule has 0 bridgehead atoms. The first-order valence-electron chi connectivity index (χ1n) is 5.75. The lowest BCUT2D eigenvalue weighted by Gasteiger charge is -2.13. The lowest BCUT2D eigenvalue weighted by Crippen LogP contribution is -2.10. The van der Waals surface area contributed by atoms with Crippen molar-refractivity contribution >= 4 is 16.6 Å². The summed E-state index contributed by atoms with van der Waals surface area (Å²) in [6.45, 7) is 3.73. The summed E-state index contributed by atoms with van der Waals surface area (Å²) in [5, 5.41) is 3.16. The molecular weight excluding hydrogens is 260 g/mol. The van der Waals surface area contributed by atoms with E-state index in [-0.39, 0.29) is 11.2 Å². The van der Waals surface area contributed by atoms with Crippen molar-refractivity contribution in [2.24, 2.45) is 0 Å². The summed E-state index contributed by atoms with van der Waals surface area (Å²) in [7, 11) is 0. The number of alkyl halides is 3. The molecule has 1 aromatic heterocycles. The number of hydrogen-bond donors (Lipinski definition) is 1. The van der Waals surface area contributed by atoms with E-state index in [2.05, 4.69) is 10.3 Å². The maximum atomic E-state index is 13.4. The van der Waals surface area contributed by atoms with E-state index in [4.69, 9.17) is 0 Å². The lowest BCUT2D eigenvalue weighted by molar-refractivity contribution is -0.140. The number of fused-ring (bicyclic) bond motifs is 1. The molecule has 0 aliphatic carbocycles. The molecule has 0 aliphatic heterocycles. The Morgan fingerprint density at radius 1 is 1.21 bits per heavy atom. The molecule has 102 valence electrons. The number of nitrogens with one attached hydrogen (secondary N) is 1. The Kier molecular flexibility index (Phi) is 3.34. The van der Waals surface area contributed by atoms with E-state index < -0.39 is 17.7 Å². The lowest BCUT2D eigenvalue weighted by atomic mass is 10.1. The van der Waals surface area contributed by atoms with E-state index >= 15 is 0 Å². The fraction of sp³-hybridized carbons (Fsp3) is 0.308. The maximum Gasteiger partial charge on any atom is 0.433 e. The molecule has 0 aliphatic rings. The van der Waals surface area contributed by atoms with Gasteiger partial charge in [-0.3, -0.25) is 0 Å². The van der Waals surface area contributed by atoms with E-state index in [0.29, 0.717) is 17.5 Å². The number of aryl methyl sites for hydroxylation is 1. The van der Waals surface area contributed by atoms with Crippen LogP contribution in [0.25, 0.3) is 10.9 Å². The Balaban J connectivity index is 2.79. The molecule has 2 nitrogen and oxygen atoms in total. The van der Waals surface area contributed by atoms with Crippen LogP contribution in [0.5, 0.6) is 0 Å². The molecule has 1 aromatic carbocycles. The van der Waals surface area contributed by atoms with Crippen LogP contribution in [0.15, 0.2) is 18.2 Å². The largest absolute Gasteiger partial charge is 0.433 e. The van der Waals surface area contributed by atoms with Gasteiger partial charge in [0.15, 0.2) is 0 Å². The van der Waals surface area contributed by atoms with E-state index in [1.54, 1.807) is 6.92 Å². The zero-order valence-corrected chi connectivity index (χ0v) is 10.4. The van der Waals surface area contributed by atoms with Crippen LogP contribution in [-0.2, 0) is 6.18 Å². The van der Waals surface area contributed by atoms with Crippen molar-refractivity contribution in [1.82, 2.24) is 4.98 Å². The number of anilines is 1. The van der Waals surface area contributed by atoms with Crippen molar-refractivity contribution in [3.63, 3.8) is 0 Å². The van der Waals surface area contributed by atoms with Gasteiger partial charge >= 0.3 is 6.18 Å². The van der Waals surface area contributed by atoms with E-state index in [0.717, 1.165) is 6.07 Å². The van der Waals surface area contributed by atoms with E-state index in [1.807, 2.05) is 0 Å². The topological polar surface area (TPSA) is 24.9 Å². The monoisotopic (exact) mass is 272 g/mol. The Morgan fingerprint density at radius 2 is 1.89 bits per heavy atom. The van der Waals surface area contributed by atoms with E-state index in [9.17, 15) is 17.6 Å². The Hall–Kier alpha value is -1.85. The molecule has 0 radical (unpaired) electrons. The van der Waals surface area contributed by atoms with Crippen LogP contribution in [0.3, 0.4) is 0 Å². The summed E-state index contributed by atoms with van der Waals surface area (Å²) in [4.78, 5) is 3.60. The standard InChI is InChI=1S/C13H12F4N2/c1-3-18-10-6-11(13(15,16)17)19-12-7(2)4-8(14)5-9(10)12/h4-6H,3H2,1-2H3,(H,18,19). The third-order valence-corrected chi connectivity index (χ3v) is 2.73. The first-order valence-corrected chi connectivity index (χ1v) is 5.75. The van der Waals surface area contributed by atoms with Gasteiger partial charge in [0.2, 0.25) is 0 Å². The van der Waals surface area contributed by atoms with Gasteiger partial charge in [-0.1, -0.05) is 0 Å². The van der Waals surface area contributed by atoms with Crippen molar-refractivity contribution in [2.75, 3.05) is 11.9 Å². The van der Waals surface area contributed by atoms with Crippen molar-refractivity contribution in [3.05, 3.63) is 35.3 Å². The number of benzene rings is 1. The molecule has 2 rings (SSSR count). The highest BCUT2D eigenvalue weighted by atomic mass is 19.4. The summed E-state index contributed by atoms with van der Waals surface area (Å²) >= 11 is 0. The van der Waals surface area contributed by atoms with Crippen LogP contribution in [0.2, 0.25) is 0 Å². The summed E-state index contributed by atoms with van der Waals surface area (Å²) in [5.41, 5.74) is -0.208. The van der Waals surface area contributed by atoms with Gasteiger partial charge in [0.05, 0.1) is 5.52 Å². The molecule has 2 aromatic rings. The fourth-order valence-electron chi connectivity index (χ4n) is 1.94. The zero-order valence-electron chi connectivity index (χ0n) is 10.4. The number of pyridine rings is 1. The Morgan fingerprint density at radius 3 is 2.47 bits per heavy atom. The summed E-state index contributed by atoms with van der Waals surface area (Å²) in [6.07, 6.45) is -4.53. The maximum absolute atomic E-state index is 13.4. The van der Waals surface area contributed by atoms with Crippen LogP contribution < -0.4 is 5.32 Å². The van der Waals surface area contributed by atoms with Gasteiger partial charge in [-0.15, -0.1) is 0 Å². The van der Waals surface area contributed by atoms with Gasteiger partial charge in [-0.25, -0.2) is 9.37 Å². The van der Waals surface area contributed by atoms with Gasteiger partial charge in [-0.2, -0.15) is 13.2 Å². The first-order chi connectivity index (χ1) is 8.82. The van der Waals surface area contributed by atoms with Crippen molar-refractivity contribution < 1.29 is 17.6 Å². The Bertz CT molecular complexity index is 620. The van der Waals surface area contributed by atoms with Gasteiger partial charge in [0, 0.05) is 17.6 Å². The number of nitrogens with zero attached hydrogens (tertiary/aromatic N) is 1. The minimum Gasteiger partial charge on any atom is -0.385 e. The normalized spacial score (nSPS) is 11.9. The third kappa shape index (κ3) is 2.62. The molecule has 6 heteroatoms. The molecule has 0 spiro atoms. The van der Waals surface area contributed by atoms with Crippen LogP contribution in [0.4, 0.5) is 23.2 Å². The second-order valence-electron chi connectivity index (χ2n) is 4.20. The minimum atomic E-state index is -4.53. The summed E-state index contributed by atoms with van der Waals surface area (Å²) in [5.74, 6) is -0.495. The van der Waals surface area contributed by atoms with E-state index in [1.165, 1.54) is 19.1 Å². The molecule has 19 heavy (non-hydrogen) atoms. The number of halogens is 4. The zero-order chi connectivity index (χ0) is 14.2. The van der Waals surface area contributed by atoms with Crippen molar-refractivity contribution in [2.45, 2.75) is 20.0 Å². The average molecular weight is 272 g/mol. The highest BCUT2D eigenvalue weighted by molar-refractivity contribution is 5.93. The minimum absolute atomic E-state index is 0.159. The fourth-order valence-corrected chi connectivity index (χ4v) is 1.94. The van der Waals surface area contributed by atoms with Crippen LogP contribution in [-0.4, -0.2) is 11.5 Å². The predicted octanol–water partition coefficient (Wildman–Crippen LogP) is 4.13. The number of aromatic nitrogens is 1. The molecule has 0 amide bonds. The molecular formula is C13H12F4N2. The van der Waals surface area contributed by atoms with Crippen LogP contribution in [0, 0.1) is 12.7 Å². The van der Waals surface area contributed by atoms with Gasteiger partial charge < -0.3 is 5.32 Å². The first kappa shape index (κ1) is 13.6. The predicted molar refractivity (Wildman–Crippen MR) is 65.6 cm³/mol. The smallest absolute Gasteiger partial charge is 0.385 e. The SMILES string of the molecule is CCNc1cc(C(F)(F)F)nc2c(C)cc(F)cc12. The number of rotatable bonds is 2. The van der Waals surface area contributed by atoms with Crippen LogP contribution in [0.1, 0.15) is 18.2 Å². The second kappa shape index (κ2) is 4.68. The van der Waals surface area contributed by atoms with Gasteiger partial charge in [0.25, 0.3) is 0 Å². The molecule has 0 unspecified atom stereocenters. The molecule has 0 fully saturated rings. The molecule has 0 saturated heterocycles.